The van der Waals surface area contributed by atoms with Crippen molar-refractivity contribution >= 4 is 11.9 Å². The lowest BCUT2D eigenvalue weighted by molar-refractivity contribution is -0.143. The first-order valence-corrected chi connectivity index (χ1v) is 7.49. The maximum atomic E-state index is 11.9. The van der Waals surface area contributed by atoms with Crippen LogP contribution in [0.2, 0.25) is 0 Å². The van der Waals surface area contributed by atoms with Crippen LogP contribution in [0, 0.1) is 11.3 Å². The Morgan fingerprint density at radius 3 is 2.24 bits per heavy atom. The average Bonchev–Trinajstić information content (AvgIpc) is 3.19. The van der Waals surface area contributed by atoms with Crippen molar-refractivity contribution in [3.63, 3.8) is 0 Å². The Balaban J connectivity index is 1.81. The minimum Gasteiger partial charge on any atom is -0.481 e. The van der Waals surface area contributed by atoms with Crippen LogP contribution in [0.4, 0.5) is 0 Å². The highest BCUT2D eigenvalue weighted by Gasteiger charge is 2.50. The van der Waals surface area contributed by atoms with Gasteiger partial charge < -0.3 is 10.4 Å². The summed E-state index contributed by atoms with van der Waals surface area (Å²) in [6.45, 7) is 4.60. The van der Waals surface area contributed by atoms with Crippen molar-refractivity contribution in [3.8, 4) is 0 Å². The summed E-state index contributed by atoms with van der Waals surface area (Å²) >= 11 is 0. The van der Waals surface area contributed by atoms with Crippen LogP contribution in [0.5, 0.6) is 0 Å². The van der Waals surface area contributed by atoms with Crippen LogP contribution >= 0.6 is 0 Å². The number of hydrogen-bond acceptors (Lipinski definition) is 2. The van der Waals surface area contributed by atoms with Crippen molar-refractivity contribution in [2.24, 2.45) is 11.3 Å². The van der Waals surface area contributed by atoms with E-state index in [1.807, 2.05) is 12.1 Å². The molecular formula is C17H23NO3. The Kier molecular flexibility index (Phi) is 4.66. The van der Waals surface area contributed by atoms with Gasteiger partial charge in [-0.15, -0.1) is 0 Å². The molecule has 0 heterocycles. The minimum absolute atomic E-state index is 0.112. The molecule has 0 aromatic heterocycles. The van der Waals surface area contributed by atoms with E-state index >= 15 is 0 Å². The molecule has 0 saturated heterocycles. The lowest BCUT2D eigenvalue weighted by Crippen LogP contribution is -2.35. The standard InChI is InChI=1S/C17H23NO3/c1-12(2)9-13-3-5-14(6-4-13)10-15(19)18-11-17(7-8-17)16(20)21/h3-6,12H,7-11H2,1-2H3,(H,18,19)(H,20,21). The monoisotopic (exact) mass is 289 g/mol. The largest absolute Gasteiger partial charge is 0.481 e. The Morgan fingerprint density at radius 2 is 1.76 bits per heavy atom. The predicted octanol–water partition coefficient (Wildman–Crippen LogP) is 2.41. The SMILES string of the molecule is CC(C)Cc1ccc(CC(=O)NCC2(C(=O)O)CC2)cc1. The maximum absolute atomic E-state index is 11.9. The molecule has 1 aromatic carbocycles. The highest BCUT2D eigenvalue weighted by atomic mass is 16.4. The zero-order chi connectivity index (χ0) is 15.5. The molecule has 1 aromatic rings. The van der Waals surface area contributed by atoms with Crippen LogP contribution < -0.4 is 5.32 Å². The molecule has 0 spiro atoms. The number of hydrogen-bond donors (Lipinski definition) is 2. The first-order valence-electron chi connectivity index (χ1n) is 7.49. The molecule has 2 rings (SSSR count). The third-order valence-corrected chi connectivity index (χ3v) is 3.96. The first kappa shape index (κ1) is 15.5. The minimum atomic E-state index is -0.805. The topological polar surface area (TPSA) is 66.4 Å². The van der Waals surface area contributed by atoms with E-state index in [1.165, 1.54) is 5.56 Å². The number of carbonyl (C=O) groups is 2. The highest BCUT2D eigenvalue weighted by molar-refractivity contribution is 5.82. The van der Waals surface area contributed by atoms with Crippen molar-refractivity contribution in [1.82, 2.24) is 5.32 Å². The van der Waals surface area contributed by atoms with Crippen LogP contribution in [0.25, 0.3) is 0 Å². The van der Waals surface area contributed by atoms with Crippen molar-refractivity contribution in [2.45, 2.75) is 39.5 Å². The van der Waals surface area contributed by atoms with Crippen LogP contribution in [0.15, 0.2) is 24.3 Å². The highest BCUT2D eigenvalue weighted by Crippen LogP contribution is 2.45. The Labute approximate surface area is 125 Å². The van der Waals surface area contributed by atoms with Gasteiger partial charge in [-0.1, -0.05) is 38.1 Å². The number of carbonyl (C=O) groups excluding carboxylic acids is 1. The van der Waals surface area contributed by atoms with E-state index in [1.54, 1.807) is 0 Å². The van der Waals surface area contributed by atoms with Crippen molar-refractivity contribution in [3.05, 3.63) is 35.4 Å². The van der Waals surface area contributed by atoms with E-state index in [-0.39, 0.29) is 12.5 Å². The molecular weight excluding hydrogens is 266 g/mol. The number of rotatable bonds is 7. The molecule has 0 bridgehead atoms. The number of nitrogens with one attached hydrogen (secondary N) is 1. The molecule has 1 saturated carbocycles. The lowest BCUT2D eigenvalue weighted by atomic mass is 10.0. The van der Waals surface area contributed by atoms with Gasteiger partial charge in [0.05, 0.1) is 11.8 Å². The normalized spacial score (nSPS) is 15.8. The van der Waals surface area contributed by atoms with Gasteiger partial charge in [-0.3, -0.25) is 9.59 Å². The summed E-state index contributed by atoms with van der Waals surface area (Å²) < 4.78 is 0. The quantitative estimate of drug-likeness (QED) is 0.810. The second-order valence-corrected chi connectivity index (χ2v) is 6.45. The number of carboxylic acid groups (broad SMARTS) is 1. The van der Waals surface area contributed by atoms with Gasteiger partial charge in [0, 0.05) is 6.54 Å². The second-order valence-electron chi connectivity index (χ2n) is 6.45. The van der Waals surface area contributed by atoms with E-state index in [0.717, 1.165) is 12.0 Å². The summed E-state index contributed by atoms with van der Waals surface area (Å²) in [6.07, 6.45) is 2.66. The lowest BCUT2D eigenvalue weighted by Gasteiger charge is -2.11. The molecule has 1 fully saturated rings. The van der Waals surface area contributed by atoms with Gasteiger partial charge in [0.2, 0.25) is 5.91 Å². The number of carboxylic acids is 1. The fourth-order valence-corrected chi connectivity index (χ4v) is 2.40. The van der Waals surface area contributed by atoms with E-state index in [2.05, 4.69) is 31.3 Å². The molecule has 1 amide bonds. The van der Waals surface area contributed by atoms with Gasteiger partial charge in [-0.05, 0) is 36.3 Å². The second kappa shape index (κ2) is 6.29. The first-order chi connectivity index (χ1) is 9.91. The summed E-state index contributed by atoms with van der Waals surface area (Å²) in [5.74, 6) is -0.301. The Morgan fingerprint density at radius 1 is 1.19 bits per heavy atom. The zero-order valence-corrected chi connectivity index (χ0v) is 12.7. The smallest absolute Gasteiger partial charge is 0.311 e. The number of amides is 1. The van der Waals surface area contributed by atoms with Crippen LogP contribution in [0.3, 0.4) is 0 Å². The van der Waals surface area contributed by atoms with Gasteiger partial charge in [0.1, 0.15) is 0 Å². The summed E-state index contributed by atoms with van der Waals surface area (Å²) in [4.78, 5) is 22.9. The summed E-state index contributed by atoms with van der Waals surface area (Å²) in [7, 11) is 0. The molecule has 0 radical (unpaired) electrons. The summed E-state index contributed by atoms with van der Waals surface area (Å²) in [6, 6.07) is 8.06. The van der Waals surface area contributed by atoms with E-state index in [4.69, 9.17) is 5.11 Å². The van der Waals surface area contributed by atoms with E-state index in [0.29, 0.717) is 25.2 Å². The van der Waals surface area contributed by atoms with Crippen molar-refractivity contribution < 1.29 is 14.7 Å². The molecule has 1 aliphatic carbocycles. The van der Waals surface area contributed by atoms with Gasteiger partial charge in [-0.25, -0.2) is 0 Å². The van der Waals surface area contributed by atoms with Crippen LogP contribution in [0.1, 0.15) is 37.8 Å². The Hall–Kier alpha value is -1.84. The molecule has 1 aliphatic rings. The van der Waals surface area contributed by atoms with Crippen LogP contribution in [-0.2, 0) is 22.4 Å². The van der Waals surface area contributed by atoms with Gasteiger partial charge in [0.15, 0.2) is 0 Å². The molecule has 4 heteroatoms. The maximum Gasteiger partial charge on any atom is 0.311 e. The fourth-order valence-electron chi connectivity index (χ4n) is 2.40. The summed E-state index contributed by atoms with van der Waals surface area (Å²) in [5.41, 5.74) is 1.54. The van der Waals surface area contributed by atoms with Crippen molar-refractivity contribution in [1.29, 1.82) is 0 Å². The molecule has 0 unspecified atom stereocenters. The Bertz CT molecular complexity index is 515. The van der Waals surface area contributed by atoms with Gasteiger partial charge in [-0.2, -0.15) is 0 Å². The molecule has 4 nitrogen and oxygen atoms in total. The molecule has 114 valence electrons. The number of benzene rings is 1. The zero-order valence-electron chi connectivity index (χ0n) is 12.7. The molecule has 0 atom stereocenters. The third kappa shape index (κ3) is 4.31. The van der Waals surface area contributed by atoms with Gasteiger partial charge in [0.25, 0.3) is 0 Å². The van der Waals surface area contributed by atoms with E-state index in [9.17, 15) is 9.59 Å². The molecule has 2 N–H and O–H groups in total. The van der Waals surface area contributed by atoms with Gasteiger partial charge >= 0.3 is 5.97 Å². The van der Waals surface area contributed by atoms with E-state index < -0.39 is 11.4 Å². The number of aliphatic carboxylic acids is 1. The third-order valence-electron chi connectivity index (χ3n) is 3.96. The fraction of sp³-hybridized carbons (Fsp3) is 0.529. The average molecular weight is 289 g/mol. The predicted molar refractivity (Wildman–Crippen MR) is 81.0 cm³/mol. The summed E-state index contributed by atoms with van der Waals surface area (Å²) in [5, 5.41) is 11.8. The van der Waals surface area contributed by atoms with Crippen LogP contribution in [-0.4, -0.2) is 23.5 Å². The molecule has 0 aliphatic heterocycles. The molecule has 21 heavy (non-hydrogen) atoms. The van der Waals surface area contributed by atoms with Crippen molar-refractivity contribution in [2.75, 3.05) is 6.54 Å².